The van der Waals surface area contributed by atoms with Gasteiger partial charge in [-0.2, -0.15) is 0 Å². The monoisotopic (exact) mass is 275 g/mol. The molecule has 4 heteroatoms. The van der Waals surface area contributed by atoms with E-state index in [-0.39, 0.29) is 18.0 Å². The Balaban J connectivity index is 2.11. The molecule has 1 aromatic rings. The van der Waals surface area contributed by atoms with Gasteiger partial charge in [-0.15, -0.1) is 0 Å². The summed E-state index contributed by atoms with van der Waals surface area (Å²) in [7, 11) is 0. The second kappa shape index (κ2) is 6.86. The third-order valence-corrected chi connectivity index (χ3v) is 3.71. The fraction of sp³-hybridized carbons (Fsp3) is 0.562. The highest BCUT2D eigenvalue weighted by Gasteiger charge is 2.25. The number of nitrogens with zero attached hydrogens (tertiary/aromatic N) is 1. The van der Waals surface area contributed by atoms with E-state index in [4.69, 9.17) is 0 Å². The third kappa shape index (κ3) is 3.58. The van der Waals surface area contributed by atoms with Crippen molar-refractivity contribution in [2.75, 3.05) is 19.6 Å². The van der Waals surface area contributed by atoms with Gasteiger partial charge in [0.1, 0.15) is 0 Å². The van der Waals surface area contributed by atoms with Crippen LogP contribution >= 0.6 is 0 Å². The number of rotatable bonds is 5. The molecule has 0 spiro atoms. The lowest BCUT2D eigenvalue weighted by atomic mass is 9.95. The number of fused-ring (bicyclic) bond motifs is 1. The first-order chi connectivity index (χ1) is 9.61. The van der Waals surface area contributed by atoms with E-state index in [1.807, 2.05) is 13.8 Å². The minimum absolute atomic E-state index is 0.102. The van der Waals surface area contributed by atoms with E-state index in [9.17, 15) is 4.79 Å². The fourth-order valence-electron chi connectivity index (χ4n) is 2.79. The molecule has 1 unspecified atom stereocenters. The minimum atomic E-state index is 0.102. The molecule has 110 valence electrons. The first-order valence-electron chi connectivity index (χ1n) is 7.43. The molecule has 4 nitrogen and oxygen atoms in total. The lowest BCUT2D eigenvalue weighted by molar-refractivity contribution is -0.123. The Kier molecular flexibility index (Phi) is 5.15. The Morgan fingerprint density at radius 1 is 1.45 bits per heavy atom. The van der Waals surface area contributed by atoms with Crippen molar-refractivity contribution in [3.63, 3.8) is 0 Å². The second-order valence-corrected chi connectivity index (χ2v) is 5.63. The molecule has 1 aliphatic rings. The number of nitrogens with one attached hydrogen (secondary N) is 2. The Morgan fingerprint density at radius 2 is 2.20 bits per heavy atom. The summed E-state index contributed by atoms with van der Waals surface area (Å²) < 4.78 is 0. The summed E-state index contributed by atoms with van der Waals surface area (Å²) in [6.45, 7) is 9.24. The van der Waals surface area contributed by atoms with Crippen LogP contribution in [0.1, 0.15) is 37.9 Å². The summed E-state index contributed by atoms with van der Waals surface area (Å²) in [6, 6.07) is 8.98. The Hall–Kier alpha value is -1.39. The van der Waals surface area contributed by atoms with Gasteiger partial charge < -0.3 is 10.6 Å². The highest BCUT2D eigenvalue weighted by molar-refractivity contribution is 5.78. The van der Waals surface area contributed by atoms with Gasteiger partial charge in [0.2, 0.25) is 5.91 Å². The van der Waals surface area contributed by atoms with E-state index in [0.29, 0.717) is 6.54 Å². The van der Waals surface area contributed by atoms with Crippen molar-refractivity contribution < 1.29 is 4.79 Å². The van der Waals surface area contributed by atoms with Gasteiger partial charge in [0, 0.05) is 25.2 Å². The van der Waals surface area contributed by atoms with Gasteiger partial charge in [0.15, 0.2) is 0 Å². The first kappa shape index (κ1) is 15.0. The largest absolute Gasteiger partial charge is 0.353 e. The molecular formula is C16H25N3O. The minimum Gasteiger partial charge on any atom is -0.353 e. The summed E-state index contributed by atoms with van der Waals surface area (Å²) >= 11 is 0. The van der Waals surface area contributed by atoms with Crippen LogP contribution in [0, 0.1) is 0 Å². The van der Waals surface area contributed by atoms with E-state index >= 15 is 0 Å². The van der Waals surface area contributed by atoms with Gasteiger partial charge in [-0.1, -0.05) is 31.2 Å². The normalized spacial score (nSPS) is 18.1. The number of amides is 1. The molecule has 1 amide bonds. The van der Waals surface area contributed by atoms with Crippen molar-refractivity contribution in [3.05, 3.63) is 35.4 Å². The van der Waals surface area contributed by atoms with E-state index in [2.05, 4.69) is 46.7 Å². The lowest BCUT2D eigenvalue weighted by Gasteiger charge is -2.35. The van der Waals surface area contributed by atoms with E-state index in [1.165, 1.54) is 11.1 Å². The molecule has 0 aromatic heterocycles. The maximum absolute atomic E-state index is 12.0. The zero-order valence-corrected chi connectivity index (χ0v) is 12.6. The van der Waals surface area contributed by atoms with Crippen LogP contribution in [0.25, 0.3) is 0 Å². The number of benzene rings is 1. The molecule has 2 rings (SSSR count). The molecule has 0 radical (unpaired) electrons. The number of likely N-dealkylation sites (N-methyl/N-ethyl adjacent to an activating group) is 1. The summed E-state index contributed by atoms with van der Waals surface area (Å²) in [5.74, 6) is 0.102. The maximum atomic E-state index is 12.0. The average molecular weight is 275 g/mol. The number of hydrogen-bond acceptors (Lipinski definition) is 3. The lowest BCUT2D eigenvalue weighted by Crippen LogP contribution is -2.45. The SMILES string of the molecule is CCN(CC(=O)NC(C)C)C1CNCc2ccccc21. The van der Waals surface area contributed by atoms with Crippen LogP contribution in [-0.2, 0) is 11.3 Å². The molecule has 1 aromatic carbocycles. The highest BCUT2D eigenvalue weighted by atomic mass is 16.2. The topological polar surface area (TPSA) is 44.4 Å². The number of hydrogen-bond donors (Lipinski definition) is 2. The Bertz CT molecular complexity index is 459. The smallest absolute Gasteiger partial charge is 0.234 e. The van der Waals surface area contributed by atoms with Gasteiger partial charge in [0.05, 0.1) is 6.54 Å². The van der Waals surface area contributed by atoms with Crippen LogP contribution < -0.4 is 10.6 Å². The molecule has 0 saturated heterocycles. The summed E-state index contributed by atoms with van der Waals surface area (Å²) in [6.07, 6.45) is 0. The standard InChI is InChI=1S/C16H25N3O/c1-4-19(11-16(20)18-12(2)3)15-10-17-9-13-7-5-6-8-14(13)15/h5-8,12,15,17H,4,9-11H2,1-3H3,(H,18,20). The molecular weight excluding hydrogens is 250 g/mol. The van der Waals surface area contributed by atoms with Gasteiger partial charge in [-0.25, -0.2) is 0 Å². The molecule has 0 bridgehead atoms. The second-order valence-electron chi connectivity index (χ2n) is 5.63. The van der Waals surface area contributed by atoms with E-state index in [0.717, 1.165) is 19.6 Å². The fourth-order valence-corrected chi connectivity index (χ4v) is 2.79. The van der Waals surface area contributed by atoms with E-state index < -0.39 is 0 Å². The van der Waals surface area contributed by atoms with Gasteiger partial charge in [0.25, 0.3) is 0 Å². The molecule has 0 aliphatic carbocycles. The van der Waals surface area contributed by atoms with Crippen molar-refractivity contribution >= 4 is 5.91 Å². The van der Waals surface area contributed by atoms with Crippen LogP contribution in [0.3, 0.4) is 0 Å². The third-order valence-electron chi connectivity index (χ3n) is 3.71. The molecule has 1 atom stereocenters. The Morgan fingerprint density at radius 3 is 2.90 bits per heavy atom. The molecule has 0 fully saturated rings. The van der Waals surface area contributed by atoms with Gasteiger partial charge in [-0.05, 0) is 31.5 Å². The van der Waals surface area contributed by atoms with E-state index in [1.54, 1.807) is 0 Å². The molecule has 1 aliphatic heterocycles. The zero-order chi connectivity index (χ0) is 14.5. The predicted octanol–water partition coefficient (Wildman–Crippen LogP) is 1.68. The number of carbonyl (C=O) groups is 1. The van der Waals surface area contributed by atoms with Crippen LogP contribution in [0.5, 0.6) is 0 Å². The van der Waals surface area contributed by atoms with Crippen LogP contribution in [-0.4, -0.2) is 36.5 Å². The van der Waals surface area contributed by atoms with Crippen molar-refractivity contribution in [2.45, 2.75) is 39.4 Å². The average Bonchev–Trinajstić information content (AvgIpc) is 2.43. The molecule has 0 saturated carbocycles. The highest BCUT2D eigenvalue weighted by Crippen LogP contribution is 2.26. The van der Waals surface area contributed by atoms with Crippen molar-refractivity contribution in [2.24, 2.45) is 0 Å². The Labute approximate surface area is 121 Å². The molecule has 1 heterocycles. The predicted molar refractivity (Wildman–Crippen MR) is 81.4 cm³/mol. The van der Waals surface area contributed by atoms with Crippen LogP contribution in [0.4, 0.5) is 0 Å². The summed E-state index contributed by atoms with van der Waals surface area (Å²) in [5.41, 5.74) is 2.69. The number of carbonyl (C=O) groups excluding carboxylic acids is 1. The molecule has 20 heavy (non-hydrogen) atoms. The van der Waals surface area contributed by atoms with Crippen molar-refractivity contribution in [1.29, 1.82) is 0 Å². The van der Waals surface area contributed by atoms with Crippen molar-refractivity contribution in [1.82, 2.24) is 15.5 Å². The molecule has 2 N–H and O–H groups in total. The quantitative estimate of drug-likeness (QED) is 0.859. The summed E-state index contributed by atoms with van der Waals surface area (Å²) in [5, 5.41) is 6.42. The van der Waals surface area contributed by atoms with Crippen molar-refractivity contribution in [3.8, 4) is 0 Å². The van der Waals surface area contributed by atoms with Crippen LogP contribution in [0.15, 0.2) is 24.3 Å². The van der Waals surface area contributed by atoms with Gasteiger partial charge in [-0.3, -0.25) is 9.69 Å². The van der Waals surface area contributed by atoms with Gasteiger partial charge >= 0.3 is 0 Å². The first-order valence-corrected chi connectivity index (χ1v) is 7.43. The zero-order valence-electron chi connectivity index (χ0n) is 12.6. The maximum Gasteiger partial charge on any atom is 0.234 e. The summed E-state index contributed by atoms with van der Waals surface area (Å²) in [4.78, 5) is 14.2. The van der Waals surface area contributed by atoms with Crippen LogP contribution in [0.2, 0.25) is 0 Å².